The van der Waals surface area contributed by atoms with Crippen molar-refractivity contribution in [3.05, 3.63) is 36.7 Å². The van der Waals surface area contributed by atoms with Crippen LogP contribution < -0.4 is 10.2 Å². The number of piperidine rings is 1. The summed E-state index contributed by atoms with van der Waals surface area (Å²) in [5.41, 5.74) is -0.108. The van der Waals surface area contributed by atoms with Gasteiger partial charge in [-0.25, -0.2) is 24.3 Å². The van der Waals surface area contributed by atoms with E-state index in [-0.39, 0.29) is 11.6 Å². The van der Waals surface area contributed by atoms with Gasteiger partial charge in [0.15, 0.2) is 5.82 Å². The zero-order valence-electron chi connectivity index (χ0n) is 13.2. The Kier molecular flexibility index (Phi) is 3.97. The number of aromatic nitrogens is 4. The van der Waals surface area contributed by atoms with Gasteiger partial charge >= 0.3 is 0 Å². The molecule has 0 amide bonds. The predicted molar refractivity (Wildman–Crippen MR) is 86.2 cm³/mol. The molecular weight excluding hydrogens is 311 g/mol. The summed E-state index contributed by atoms with van der Waals surface area (Å²) in [5, 5.41) is 3.33. The van der Waals surface area contributed by atoms with Crippen LogP contribution in [0.4, 0.5) is 16.3 Å². The molecule has 7 nitrogen and oxygen atoms in total. The number of nitrogens with zero attached hydrogens (tertiary/aromatic N) is 5. The zero-order valence-corrected chi connectivity index (χ0v) is 13.2. The Hall–Kier alpha value is -2.35. The van der Waals surface area contributed by atoms with Gasteiger partial charge in [-0.05, 0) is 25.3 Å². The lowest BCUT2D eigenvalue weighted by Crippen LogP contribution is -2.45. The normalized spacial score (nSPS) is 22.7. The molecule has 8 heteroatoms. The van der Waals surface area contributed by atoms with Gasteiger partial charge in [0.1, 0.15) is 0 Å². The van der Waals surface area contributed by atoms with E-state index in [1.54, 1.807) is 18.5 Å². The first-order chi connectivity index (χ1) is 11.7. The van der Waals surface area contributed by atoms with Crippen molar-refractivity contribution in [3.63, 3.8) is 0 Å². The molecule has 2 saturated heterocycles. The molecule has 0 aromatic carbocycles. The second-order valence-corrected chi connectivity index (χ2v) is 6.30. The fourth-order valence-electron chi connectivity index (χ4n) is 3.42. The maximum absolute atomic E-state index is 12.9. The van der Waals surface area contributed by atoms with Crippen molar-refractivity contribution < 1.29 is 9.13 Å². The summed E-state index contributed by atoms with van der Waals surface area (Å²) < 4.78 is 19.1. The van der Waals surface area contributed by atoms with E-state index in [0.29, 0.717) is 18.5 Å². The fraction of sp³-hybridized carbons (Fsp3) is 0.500. The number of nitrogens with one attached hydrogen (secondary N) is 1. The Labute approximate surface area is 139 Å². The lowest BCUT2D eigenvalue weighted by Gasteiger charge is -2.38. The third-order valence-corrected chi connectivity index (χ3v) is 4.67. The molecule has 24 heavy (non-hydrogen) atoms. The first-order valence-electron chi connectivity index (χ1n) is 8.12. The van der Waals surface area contributed by atoms with Crippen LogP contribution in [0.25, 0.3) is 0 Å². The SMILES string of the molecule is Fc1cnc(N2CCC3(CC2)CC(Nc2ncccn2)CO3)nc1. The van der Waals surface area contributed by atoms with E-state index in [4.69, 9.17) is 4.74 Å². The molecule has 1 atom stereocenters. The van der Waals surface area contributed by atoms with Crippen LogP contribution in [-0.2, 0) is 4.74 Å². The number of hydrogen-bond acceptors (Lipinski definition) is 7. The molecule has 2 aliphatic rings. The average molecular weight is 330 g/mol. The summed E-state index contributed by atoms with van der Waals surface area (Å²) >= 11 is 0. The van der Waals surface area contributed by atoms with Crippen molar-refractivity contribution in [2.45, 2.75) is 30.9 Å². The number of hydrogen-bond donors (Lipinski definition) is 1. The van der Waals surface area contributed by atoms with E-state index in [9.17, 15) is 4.39 Å². The van der Waals surface area contributed by atoms with Crippen molar-refractivity contribution >= 4 is 11.9 Å². The second-order valence-electron chi connectivity index (χ2n) is 6.30. The molecule has 2 aliphatic heterocycles. The lowest BCUT2D eigenvalue weighted by molar-refractivity contribution is -0.0149. The Balaban J connectivity index is 1.34. The molecule has 0 saturated carbocycles. The molecular formula is C16H19FN6O. The average Bonchev–Trinajstić information content (AvgIpc) is 3.00. The molecule has 4 rings (SSSR count). The first-order valence-corrected chi connectivity index (χ1v) is 8.12. The standard InChI is InChI=1S/C16H19FN6O/c17-12-9-20-15(21-10-12)23-6-2-16(3-7-23)8-13(11-24-16)22-14-18-4-1-5-19-14/h1,4-5,9-10,13H,2-3,6-8,11H2,(H,18,19,22). The summed E-state index contributed by atoms with van der Waals surface area (Å²) in [6.45, 7) is 2.27. The van der Waals surface area contributed by atoms with Gasteiger partial charge in [-0.1, -0.05) is 0 Å². The van der Waals surface area contributed by atoms with Gasteiger partial charge in [0, 0.05) is 25.5 Å². The minimum absolute atomic E-state index is 0.108. The van der Waals surface area contributed by atoms with Gasteiger partial charge in [-0.15, -0.1) is 0 Å². The Morgan fingerprint density at radius 1 is 1.12 bits per heavy atom. The molecule has 2 aromatic rings. The van der Waals surface area contributed by atoms with Crippen molar-refractivity contribution in [2.75, 3.05) is 29.9 Å². The maximum Gasteiger partial charge on any atom is 0.225 e. The summed E-state index contributed by atoms with van der Waals surface area (Å²) in [6.07, 6.45) is 8.61. The van der Waals surface area contributed by atoms with Gasteiger partial charge < -0.3 is 15.0 Å². The summed E-state index contributed by atoms with van der Waals surface area (Å²) in [5.74, 6) is 0.806. The van der Waals surface area contributed by atoms with E-state index in [1.807, 2.05) is 0 Å². The van der Waals surface area contributed by atoms with Crippen LogP contribution >= 0.6 is 0 Å². The summed E-state index contributed by atoms with van der Waals surface area (Å²) in [6, 6.07) is 2.02. The summed E-state index contributed by atoms with van der Waals surface area (Å²) in [7, 11) is 0. The minimum Gasteiger partial charge on any atom is -0.373 e. The predicted octanol–water partition coefficient (Wildman–Crippen LogP) is 1.65. The van der Waals surface area contributed by atoms with Gasteiger partial charge in [0.2, 0.25) is 11.9 Å². The van der Waals surface area contributed by atoms with Crippen LogP contribution in [0.5, 0.6) is 0 Å². The van der Waals surface area contributed by atoms with E-state index >= 15 is 0 Å². The van der Waals surface area contributed by atoms with Gasteiger partial charge in [0.05, 0.1) is 30.6 Å². The number of halogens is 1. The van der Waals surface area contributed by atoms with E-state index in [1.165, 1.54) is 12.4 Å². The molecule has 1 spiro atoms. The first kappa shape index (κ1) is 15.2. The Morgan fingerprint density at radius 2 is 1.83 bits per heavy atom. The smallest absolute Gasteiger partial charge is 0.225 e. The van der Waals surface area contributed by atoms with Crippen molar-refractivity contribution in [1.29, 1.82) is 0 Å². The third kappa shape index (κ3) is 3.14. The lowest BCUT2D eigenvalue weighted by atomic mass is 9.87. The molecule has 1 unspecified atom stereocenters. The van der Waals surface area contributed by atoms with E-state index < -0.39 is 5.82 Å². The zero-order chi connectivity index (χ0) is 16.4. The molecule has 0 radical (unpaired) electrons. The third-order valence-electron chi connectivity index (χ3n) is 4.67. The summed E-state index contributed by atoms with van der Waals surface area (Å²) in [4.78, 5) is 18.6. The highest BCUT2D eigenvalue weighted by Crippen LogP contribution is 2.37. The molecule has 0 aliphatic carbocycles. The fourth-order valence-corrected chi connectivity index (χ4v) is 3.42. The van der Waals surface area contributed by atoms with Crippen LogP contribution in [0.1, 0.15) is 19.3 Å². The van der Waals surface area contributed by atoms with Crippen LogP contribution in [0.15, 0.2) is 30.9 Å². The van der Waals surface area contributed by atoms with Crippen LogP contribution in [0.3, 0.4) is 0 Å². The second kappa shape index (κ2) is 6.27. The van der Waals surface area contributed by atoms with E-state index in [2.05, 4.69) is 30.2 Å². The molecule has 4 heterocycles. The van der Waals surface area contributed by atoms with Crippen molar-refractivity contribution in [3.8, 4) is 0 Å². The minimum atomic E-state index is -0.414. The van der Waals surface area contributed by atoms with E-state index in [0.717, 1.165) is 32.4 Å². The molecule has 2 aromatic heterocycles. The van der Waals surface area contributed by atoms with Crippen LogP contribution in [-0.4, -0.2) is 51.3 Å². The Bertz CT molecular complexity index is 675. The Morgan fingerprint density at radius 3 is 2.54 bits per heavy atom. The van der Waals surface area contributed by atoms with Crippen molar-refractivity contribution in [2.24, 2.45) is 0 Å². The van der Waals surface area contributed by atoms with Crippen molar-refractivity contribution in [1.82, 2.24) is 19.9 Å². The number of anilines is 2. The largest absolute Gasteiger partial charge is 0.373 e. The van der Waals surface area contributed by atoms with Gasteiger partial charge in [0.25, 0.3) is 0 Å². The quantitative estimate of drug-likeness (QED) is 0.917. The van der Waals surface area contributed by atoms with Crippen LogP contribution in [0, 0.1) is 5.82 Å². The van der Waals surface area contributed by atoms with Gasteiger partial charge in [-0.2, -0.15) is 0 Å². The molecule has 2 fully saturated rings. The topological polar surface area (TPSA) is 76.1 Å². The van der Waals surface area contributed by atoms with Crippen LogP contribution in [0.2, 0.25) is 0 Å². The highest BCUT2D eigenvalue weighted by Gasteiger charge is 2.43. The molecule has 126 valence electrons. The maximum atomic E-state index is 12.9. The highest BCUT2D eigenvalue weighted by molar-refractivity contribution is 5.31. The van der Waals surface area contributed by atoms with Gasteiger partial charge in [-0.3, -0.25) is 0 Å². The highest BCUT2D eigenvalue weighted by atomic mass is 19.1. The monoisotopic (exact) mass is 330 g/mol. The molecule has 1 N–H and O–H groups in total. The molecule has 0 bridgehead atoms. The number of ether oxygens (including phenoxy) is 1. The number of rotatable bonds is 3.